The van der Waals surface area contributed by atoms with Crippen molar-refractivity contribution >= 4 is 33.5 Å². The van der Waals surface area contributed by atoms with Crippen molar-refractivity contribution in [2.24, 2.45) is 0 Å². The standard InChI is InChI=1S/C22H22N4O3/c27-22(24-17-5-6-20-16(9-17)12-23-25-20)11-18-14-28-8-7-26(18)13-19-10-15-3-1-2-4-21(15)29-19/h1-6,9-10,12,18H,7-8,11,13-14H2,(H,23,25)(H,24,27). The number of anilines is 1. The second-order valence-electron chi connectivity index (χ2n) is 7.37. The van der Waals surface area contributed by atoms with Crippen molar-refractivity contribution in [3.05, 3.63) is 60.5 Å². The molecule has 2 aromatic heterocycles. The number of fused-ring (bicyclic) bond motifs is 2. The lowest BCUT2D eigenvalue weighted by atomic mass is 10.1. The molecular weight excluding hydrogens is 368 g/mol. The highest BCUT2D eigenvalue weighted by Gasteiger charge is 2.26. The van der Waals surface area contributed by atoms with Crippen LogP contribution < -0.4 is 5.32 Å². The van der Waals surface area contributed by atoms with Crippen molar-refractivity contribution in [1.82, 2.24) is 15.1 Å². The van der Waals surface area contributed by atoms with Crippen LogP contribution in [0.3, 0.4) is 0 Å². The quantitative estimate of drug-likeness (QED) is 0.545. The van der Waals surface area contributed by atoms with Crippen molar-refractivity contribution < 1.29 is 13.9 Å². The molecular formula is C22H22N4O3. The van der Waals surface area contributed by atoms with E-state index in [0.29, 0.717) is 26.2 Å². The molecule has 0 radical (unpaired) electrons. The van der Waals surface area contributed by atoms with Gasteiger partial charge in [0.2, 0.25) is 5.91 Å². The first-order chi connectivity index (χ1) is 14.2. The molecule has 1 saturated heterocycles. The maximum atomic E-state index is 12.7. The molecule has 5 rings (SSSR count). The highest BCUT2D eigenvalue weighted by Crippen LogP contribution is 2.23. The molecule has 0 saturated carbocycles. The number of hydrogen-bond acceptors (Lipinski definition) is 5. The van der Waals surface area contributed by atoms with Crippen molar-refractivity contribution in [3.63, 3.8) is 0 Å². The van der Waals surface area contributed by atoms with Gasteiger partial charge in [-0.2, -0.15) is 5.10 Å². The maximum Gasteiger partial charge on any atom is 0.226 e. The predicted octanol–water partition coefficient (Wildman–Crippen LogP) is 3.54. The third-order valence-electron chi connectivity index (χ3n) is 5.33. The molecule has 7 nitrogen and oxygen atoms in total. The number of para-hydroxylation sites is 1. The molecule has 1 aliphatic rings. The zero-order chi connectivity index (χ0) is 19.6. The highest BCUT2D eigenvalue weighted by atomic mass is 16.5. The minimum absolute atomic E-state index is 0.00891. The van der Waals surface area contributed by atoms with Gasteiger partial charge in [-0.25, -0.2) is 0 Å². The van der Waals surface area contributed by atoms with E-state index < -0.39 is 0 Å². The second-order valence-corrected chi connectivity index (χ2v) is 7.37. The largest absolute Gasteiger partial charge is 0.460 e. The van der Waals surface area contributed by atoms with Gasteiger partial charge in [0, 0.05) is 35.5 Å². The Hall–Kier alpha value is -3.16. The Kier molecular flexibility index (Phi) is 4.75. The summed E-state index contributed by atoms with van der Waals surface area (Å²) >= 11 is 0. The van der Waals surface area contributed by atoms with Gasteiger partial charge >= 0.3 is 0 Å². The van der Waals surface area contributed by atoms with Gasteiger partial charge in [0.05, 0.1) is 31.5 Å². The maximum absolute atomic E-state index is 12.7. The van der Waals surface area contributed by atoms with E-state index in [1.54, 1.807) is 6.20 Å². The molecule has 0 spiro atoms. The van der Waals surface area contributed by atoms with Gasteiger partial charge in [0.15, 0.2) is 0 Å². The Morgan fingerprint density at radius 3 is 3.07 bits per heavy atom. The van der Waals surface area contributed by atoms with Gasteiger partial charge in [-0.1, -0.05) is 18.2 Å². The van der Waals surface area contributed by atoms with Gasteiger partial charge in [0.25, 0.3) is 0 Å². The van der Waals surface area contributed by atoms with E-state index in [4.69, 9.17) is 9.15 Å². The van der Waals surface area contributed by atoms with Crippen molar-refractivity contribution in [2.45, 2.75) is 19.0 Å². The van der Waals surface area contributed by atoms with Crippen molar-refractivity contribution in [1.29, 1.82) is 0 Å². The molecule has 1 amide bonds. The number of carbonyl (C=O) groups excluding carboxylic acids is 1. The average Bonchev–Trinajstić information content (AvgIpc) is 3.35. The molecule has 3 heterocycles. The third-order valence-corrected chi connectivity index (χ3v) is 5.33. The first-order valence-electron chi connectivity index (χ1n) is 9.77. The van der Waals surface area contributed by atoms with E-state index in [0.717, 1.165) is 39.9 Å². The number of hydrogen-bond donors (Lipinski definition) is 2. The summed E-state index contributed by atoms with van der Waals surface area (Å²) in [4.78, 5) is 14.9. The van der Waals surface area contributed by atoms with Gasteiger partial charge in [-0.05, 0) is 30.3 Å². The number of ether oxygens (including phenoxy) is 1. The molecule has 2 N–H and O–H groups in total. The Morgan fingerprint density at radius 2 is 2.14 bits per heavy atom. The van der Waals surface area contributed by atoms with Gasteiger partial charge in [-0.15, -0.1) is 0 Å². The second kappa shape index (κ2) is 7.69. The number of H-pyrrole nitrogens is 1. The molecule has 1 fully saturated rings. The summed E-state index contributed by atoms with van der Waals surface area (Å²) in [6.45, 7) is 2.64. The number of morpholine rings is 1. The number of aromatic amines is 1. The van der Waals surface area contributed by atoms with E-state index in [9.17, 15) is 4.79 Å². The summed E-state index contributed by atoms with van der Waals surface area (Å²) in [6.07, 6.45) is 2.11. The smallest absolute Gasteiger partial charge is 0.226 e. The topological polar surface area (TPSA) is 83.4 Å². The van der Waals surface area contributed by atoms with E-state index >= 15 is 0 Å². The van der Waals surface area contributed by atoms with Crippen LogP contribution in [0.25, 0.3) is 21.9 Å². The normalized spacial score (nSPS) is 17.7. The van der Waals surface area contributed by atoms with Crippen molar-refractivity contribution in [2.75, 3.05) is 25.1 Å². The molecule has 1 atom stereocenters. The first-order valence-corrected chi connectivity index (χ1v) is 9.77. The molecule has 0 aliphatic carbocycles. The Morgan fingerprint density at radius 1 is 1.21 bits per heavy atom. The number of benzene rings is 2. The molecule has 1 unspecified atom stereocenters. The number of nitrogens with zero attached hydrogens (tertiary/aromatic N) is 2. The number of furan rings is 1. The number of nitrogens with one attached hydrogen (secondary N) is 2. The lowest BCUT2D eigenvalue weighted by molar-refractivity contribution is -0.119. The minimum atomic E-state index is -0.0297. The van der Waals surface area contributed by atoms with Crippen LogP contribution in [0.2, 0.25) is 0 Å². The SMILES string of the molecule is O=C(CC1COCCN1Cc1cc2ccccc2o1)Nc1ccc2[nH]ncc2c1. The fraction of sp³-hybridized carbons (Fsp3) is 0.273. The summed E-state index contributed by atoms with van der Waals surface area (Å²) in [5.74, 6) is 0.877. The molecule has 4 aromatic rings. The van der Waals surface area contributed by atoms with Crippen LogP contribution >= 0.6 is 0 Å². The van der Waals surface area contributed by atoms with E-state index in [2.05, 4.69) is 26.5 Å². The molecule has 1 aliphatic heterocycles. The molecule has 0 bridgehead atoms. The lowest BCUT2D eigenvalue weighted by Crippen LogP contribution is -2.46. The van der Waals surface area contributed by atoms with Gasteiger partial charge in [-0.3, -0.25) is 14.8 Å². The van der Waals surface area contributed by atoms with Crippen LogP contribution in [0.15, 0.2) is 59.1 Å². The fourth-order valence-electron chi connectivity index (χ4n) is 3.85. The zero-order valence-corrected chi connectivity index (χ0v) is 15.9. The number of amides is 1. The van der Waals surface area contributed by atoms with Crippen LogP contribution in [-0.4, -0.2) is 46.8 Å². The van der Waals surface area contributed by atoms with Crippen LogP contribution in [0.5, 0.6) is 0 Å². The monoisotopic (exact) mass is 390 g/mol. The number of aromatic nitrogens is 2. The number of carbonyl (C=O) groups is 1. The average molecular weight is 390 g/mol. The summed E-state index contributed by atoms with van der Waals surface area (Å²) in [5.41, 5.74) is 2.60. The van der Waals surface area contributed by atoms with Crippen LogP contribution in [0.1, 0.15) is 12.2 Å². The van der Waals surface area contributed by atoms with E-state index in [1.807, 2.05) is 42.5 Å². The summed E-state index contributed by atoms with van der Waals surface area (Å²) in [5, 5.41) is 12.0. The summed E-state index contributed by atoms with van der Waals surface area (Å²) < 4.78 is 11.6. The Balaban J connectivity index is 1.26. The number of rotatable bonds is 5. The molecule has 29 heavy (non-hydrogen) atoms. The molecule has 2 aromatic carbocycles. The third kappa shape index (κ3) is 3.87. The minimum Gasteiger partial charge on any atom is -0.460 e. The Labute approximate surface area is 167 Å². The summed E-state index contributed by atoms with van der Waals surface area (Å²) in [6, 6.07) is 15.8. The molecule has 7 heteroatoms. The lowest BCUT2D eigenvalue weighted by Gasteiger charge is -2.34. The van der Waals surface area contributed by atoms with Crippen LogP contribution in [-0.2, 0) is 16.1 Å². The van der Waals surface area contributed by atoms with E-state index in [-0.39, 0.29) is 11.9 Å². The van der Waals surface area contributed by atoms with Crippen LogP contribution in [0, 0.1) is 0 Å². The predicted molar refractivity (Wildman–Crippen MR) is 111 cm³/mol. The first kappa shape index (κ1) is 17.9. The fourth-order valence-corrected chi connectivity index (χ4v) is 3.85. The zero-order valence-electron chi connectivity index (χ0n) is 15.9. The van der Waals surface area contributed by atoms with Gasteiger partial charge < -0.3 is 14.5 Å². The Bertz CT molecular complexity index is 1120. The molecule has 148 valence electrons. The van der Waals surface area contributed by atoms with Gasteiger partial charge in [0.1, 0.15) is 11.3 Å². The highest BCUT2D eigenvalue weighted by molar-refractivity contribution is 5.93. The van der Waals surface area contributed by atoms with Crippen molar-refractivity contribution in [3.8, 4) is 0 Å². The van der Waals surface area contributed by atoms with E-state index in [1.165, 1.54) is 0 Å². The van der Waals surface area contributed by atoms with Crippen LogP contribution in [0.4, 0.5) is 5.69 Å². The summed E-state index contributed by atoms with van der Waals surface area (Å²) in [7, 11) is 0.